The number of rotatable bonds is 5. The Morgan fingerprint density at radius 3 is 2.38 bits per heavy atom. The fourth-order valence-electron chi connectivity index (χ4n) is 1.03. The highest BCUT2D eigenvalue weighted by molar-refractivity contribution is 5.92. The molecule has 0 rings (SSSR count). The largest absolute Gasteiger partial charge is 0.348 e. The summed E-state index contributed by atoms with van der Waals surface area (Å²) < 4.78 is 0. The molecule has 3 nitrogen and oxygen atoms in total. The molecule has 0 spiro atoms. The lowest BCUT2D eigenvalue weighted by atomic mass is 10.2. The van der Waals surface area contributed by atoms with Gasteiger partial charge in [-0.1, -0.05) is 13.5 Å². The molecule has 0 aliphatic heterocycles. The van der Waals surface area contributed by atoms with Gasteiger partial charge < -0.3 is 10.2 Å². The predicted molar refractivity (Wildman–Crippen MR) is 55.6 cm³/mol. The molecule has 0 aliphatic rings. The molecule has 0 heterocycles. The summed E-state index contributed by atoms with van der Waals surface area (Å²) in [6.07, 6.45) is 0.942. The van der Waals surface area contributed by atoms with Gasteiger partial charge in [-0.2, -0.15) is 0 Å². The summed E-state index contributed by atoms with van der Waals surface area (Å²) in [6, 6.07) is 0.221. The second kappa shape index (κ2) is 5.75. The van der Waals surface area contributed by atoms with Crippen molar-refractivity contribution in [3.63, 3.8) is 0 Å². The van der Waals surface area contributed by atoms with Crippen LogP contribution in [-0.2, 0) is 4.79 Å². The van der Waals surface area contributed by atoms with E-state index < -0.39 is 0 Å². The minimum atomic E-state index is -0.0475. The van der Waals surface area contributed by atoms with Crippen LogP contribution in [0.15, 0.2) is 12.2 Å². The maximum atomic E-state index is 11.3. The summed E-state index contributed by atoms with van der Waals surface area (Å²) in [5.41, 5.74) is 0.567. The van der Waals surface area contributed by atoms with Crippen LogP contribution in [0.5, 0.6) is 0 Å². The molecule has 0 aromatic heterocycles. The zero-order valence-corrected chi connectivity index (χ0v) is 9.05. The van der Waals surface area contributed by atoms with Crippen LogP contribution in [0.4, 0.5) is 0 Å². The lowest BCUT2D eigenvalue weighted by Crippen LogP contribution is -2.41. The first-order valence-corrected chi connectivity index (χ1v) is 4.58. The molecule has 1 N–H and O–H groups in total. The van der Waals surface area contributed by atoms with Gasteiger partial charge in [0, 0.05) is 18.2 Å². The Morgan fingerprint density at radius 2 is 2.08 bits per heavy atom. The highest BCUT2D eigenvalue weighted by Gasteiger charge is 2.10. The van der Waals surface area contributed by atoms with Crippen LogP contribution >= 0.6 is 0 Å². The second-order valence-corrected chi connectivity index (χ2v) is 3.62. The summed E-state index contributed by atoms with van der Waals surface area (Å²) in [5, 5.41) is 2.92. The van der Waals surface area contributed by atoms with Gasteiger partial charge in [0.15, 0.2) is 0 Å². The molecule has 3 heteroatoms. The number of carbonyl (C=O) groups excluding carboxylic acids is 1. The van der Waals surface area contributed by atoms with E-state index >= 15 is 0 Å². The van der Waals surface area contributed by atoms with E-state index in [0.717, 1.165) is 13.0 Å². The van der Waals surface area contributed by atoms with E-state index in [0.29, 0.717) is 5.57 Å². The number of nitrogens with zero attached hydrogens (tertiary/aromatic N) is 1. The third kappa shape index (κ3) is 5.42. The summed E-state index contributed by atoms with van der Waals surface area (Å²) in [6.45, 7) is 8.25. The van der Waals surface area contributed by atoms with Crippen LogP contribution in [0.3, 0.4) is 0 Å². The fraction of sp³-hybridized carbons (Fsp3) is 0.700. The number of carbonyl (C=O) groups is 1. The Kier molecular flexibility index (Phi) is 5.39. The third-order valence-corrected chi connectivity index (χ3v) is 1.80. The standard InChI is InChI=1S/C10H20N2O/c1-6-9(7-12(4)5)11-10(13)8(2)3/h9H,2,6-7H2,1,3-5H3,(H,11,13). The van der Waals surface area contributed by atoms with Gasteiger partial charge in [-0.25, -0.2) is 0 Å². The number of hydrogen-bond donors (Lipinski definition) is 1. The average molecular weight is 184 g/mol. The van der Waals surface area contributed by atoms with Crippen LogP contribution in [0.25, 0.3) is 0 Å². The predicted octanol–water partition coefficient (Wildman–Crippen LogP) is 1.02. The van der Waals surface area contributed by atoms with Crippen LogP contribution in [0.1, 0.15) is 20.3 Å². The van der Waals surface area contributed by atoms with Crippen molar-refractivity contribution in [1.29, 1.82) is 0 Å². The van der Waals surface area contributed by atoms with Gasteiger partial charge in [-0.15, -0.1) is 0 Å². The van der Waals surface area contributed by atoms with Gasteiger partial charge >= 0.3 is 0 Å². The zero-order valence-electron chi connectivity index (χ0n) is 9.05. The Balaban J connectivity index is 3.97. The SMILES string of the molecule is C=C(C)C(=O)NC(CC)CN(C)C. The molecule has 0 radical (unpaired) electrons. The van der Waals surface area contributed by atoms with Crippen molar-refractivity contribution in [3.8, 4) is 0 Å². The van der Waals surface area contributed by atoms with Crippen molar-refractivity contribution in [2.45, 2.75) is 26.3 Å². The number of hydrogen-bond acceptors (Lipinski definition) is 2. The van der Waals surface area contributed by atoms with E-state index in [1.54, 1.807) is 6.92 Å². The maximum absolute atomic E-state index is 11.3. The van der Waals surface area contributed by atoms with Gasteiger partial charge in [0.25, 0.3) is 0 Å². The molecular formula is C10H20N2O. The van der Waals surface area contributed by atoms with E-state index in [9.17, 15) is 4.79 Å². The lowest BCUT2D eigenvalue weighted by molar-refractivity contribution is -0.118. The van der Waals surface area contributed by atoms with E-state index in [1.165, 1.54) is 0 Å². The quantitative estimate of drug-likeness (QED) is 0.647. The van der Waals surface area contributed by atoms with Gasteiger partial charge in [-0.05, 0) is 27.4 Å². The molecule has 0 bridgehead atoms. The summed E-state index contributed by atoms with van der Waals surface area (Å²) >= 11 is 0. The van der Waals surface area contributed by atoms with Crippen molar-refractivity contribution in [2.75, 3.05) is 20.6 Å². The van der Waals surface area contributed by atoms with Crippen molar-refractivity contribution in [1.82, 2.24) is 10.2 Å². The summed E-state index contributed by atoms with van der Waals surface area (Å²) in [7, 11) is 3.99. The maximum Gasteiger partial charge on any atom is 0.246 e. The highest BCUT2D eigenvalue weighted by Crippen LogP contribution is 1.95. The number of likely N-dealkylation sites (N-methyl/N-ethyl adjacent to an activating group) is 1. The van der Waals surface area contributed by atoms with Crippen LogP contribution in [0, 0.1) is 0 Å². The Morgan fingerprint density at radius 1 is 1.54 bits per heavy atom. The van der Waals surface area contributed by atoms with Gasteiger partial charge in [0.05, 0.1) is 0 Å². The minimum Gasteiger partial charge on any atom is -0.348 e. The lowest BCUT2D eigenvalue weighted by Gasteiger charge is -2.20. The molecule has 0 saturated heterocycles. The minimum absolute atomic E-state index is 0.0475. The first-order chi connectivity index (χ1) is 5.97. The Labute approximate surface area is 80.8 Å². The molecule has 1 amide bonds. The molecule has 76 valence electrons. The van der Waals surface area contributed by atoms with Gasteiger partial charge in [0.2, 0.25) is 5.91 Å². The van der Waals surface area contributed by atoms with Crippen LogP contribution in [-0.4, -0.2) is 37.5 Å². The van der Waals surface area contributed by atoms with Crippen LogP contribution < -0.4 is 5.32 Å². The topological polar surface area (TPSA) is 32.3 Å². The molecule has 0 aromatic carbocycles. The molecule has 0 saturated carbocycles. The van der Waals surface area contributed by atoms with E-state index in [1.807, 2.05) is 14.1 Å². The van der Waals surface area contributed by atoms with Gasteiger partial charge in [0.1, 0.15) is 0 Å². The normalized spacial score (nSPS) is 12.7. The van der Waals surface area contributed by atoms with Crippen molar-refractivity contribution < 1.29 is 4.79 Å². The smallest absolute Gasteiger partial charge is 0.246 e. The van der Waals surface area contributed by atoms with Crippen molar-refractivity contribution in [3.05, 3.63) is 12.2 Å². The molecule has 0 fully saturated rings. The first kappa shape index (κ1) is 12.2. The van der Waals surface area contributed by atoms with Crippen molar-refractivity contribution >= 4 is 5.91 Å². The summed E-state index contributed by atoms with van der Waals surface area (Å²) in [5.74, 6) is -0.0475. The average Bonchev–Trinajstić information content (AvgIpc) is 2.02. The third-order valence-electron chi connectivity index (χ3n) is 1.80. The Hall–Kier alpha value is -0.830. The molecular weight excluding hydrogens is 164 g/mol. The number of nitrogens with one attached hydrogen (secondary N) is 1. The zero-order chi connectivity index (χ0) is 10.4. The first-order valence-electron chi connectivity index (χ1n) is 4.58. The second-order valence-electron chi connectivity index (χ2n) is 3.62. The van der Waals surface area contributed by atoms with Gasteiger partial charge in [-0.3, -0.25) is 4.79 Å². The summed E-state index contributed by atoms with van der Waals surface area (Å²) in [4.78, 5) is 13.3. The molecule has 0 aromatic rings. The highest BCUT2D eigenvalue weighted by atomic mass is 16.1. The number of amides is 1. The fourth-order valence-corrected chi connectivity index (χ4v) is 1.03. The van der Waals surface area contributed by atoms with E-state index in [2.05, 4.69) is 23.7 Å². The molecule has 13 heavy (non-hydrogen) atoms. The molecule has 0 aliphatic carbocycles. The van der Waals surface area contributed by atoms with Crippen molar-refractivity contribution in [2.24, 2.45) is 0 Å². The molecule has 1 atom stereocenters. The monoisotopic (exact) mass is 184 g/mol. The molecule has 1 unspecified atom stereocenters. The van der Waals surface area contributed by atoms with E-state index in [-0.39, 0.29) is 11.9 Å². The van der Waals surface area contributed by atoms with E-state index in [4.69, 9.17) is 0 Å². The Bertz CT molecular complexity index is 187. The van der Waals surface area contributed by atoms with Crippen LogP contribution in [0.2, 0.25) is 0 Å².